The Balaban J connectivity index is 2.37. The van der Waals surface area contributed by atoms with Crippen LogP contribution in [0.25, 0.3) is 22.0 Å². The summed E-state index contributed by atoms with van der Waals surface area (Å²) < 4.78 is 27.1. The molecule has 0 aliphatic rings. The Kier molecular flexibility index (Phi) is 2.83. The van der Waals surface area contributed by atoms with Crippen LogP contribution >= 0.6 is 12.2 Å². The molecule has 2 aromatic carbocycles. The van der Waals surface area contributed by atoms with Gasteiger partial charge in [-0.15, -0.1) is 0 Å². The van der Waals surface area contributed by atoms with E-state index in [0.717, 1.165) is 16.8 Å². The molecule has 0 aliphatic heterocycles. The number of hydrogen-bond acceptors (Lipinski definition) is 2. The minimum atomic E-state index is -0.636. The van der Waals surface area contributed by atoms with E-state index in [1.54, 1.807) is 0 Å². The van der Waals surface area contributed by atoms with Gasteiger partial charge in [-0.2, -0.15) is 5.10 Å². The van der Waals surface area contributed by atoms with Crippen LogP contribution in [-0.2, 0) is 0 Å². The van der Waals surface area contributed by atoms with Crippen LogP contribution in [0.5, 0.6) is 0 Å². The molecule has 0 saturated carbocycles. The van der Waals surface area contributed by atoms with Crippen LogP contribution in [0.4, 0.5) is 8.78 Å². The molecule has 0 unspecified atom stereocenters. The average Bonchev–Trinajstić information content (AvgIpc) is 2.38. The maximum absolute atomic E-state index is 13.3. The van der Waals surface area contributed by atoms with E-state index in [-0.39, 0.29) is 0 Å². The molecule has 2 nitrogen and oxygen atoms in total. The molecule has 0 spiro atoms. The van der Waals surface area contributed by atoms with Crippen molar-refractivity contribution in [3.05, 3.63) is 58.7 Å². The molecular weight excluding hydrogens is 266 g/mol. The SMILES string of the molecule is Fc1cc(F)cc(-c2n[nH]c(=S)c3ccccc23)c1. The number of hydrogen-bond donors (Lipinski definition) is 1. The minimum Gasteiger partial charge on any atom is -0.267 e. The zero-order valence-corrected chi connectivity index (χ0v) is 10.5. The third-order valence-corrected chi connectivity index (χ3v) is 3.14. The first-order chi connectivity index (χ1) is 9.15. The molecular formula is C14H8F2N2S. The van der Waals surface area contributed by atoms with Crippen molar-refractivity contribution in [1.82, 2.24) is 10.2 Å². The molecule has 0 radical (unpaired) electrons. The number of aromatic nitrogens is 2. The van der Waals surface area contributed by atoms with Gasteiger partial charge in [-0.05, 0) is 12.1 Å². The summed E-state index contributed by atoms with van der Waals surface area (Å²) in [6.07, 6.45) is 0. The molecule has 94 valence electrons. The van der Waals surface area contributed by atoms with E-state index in [0.29, 0.717) is 15.9 Å². The van der Waals surface area contributed by atoms with Gasteiger partial charge in [-0.25, -0.2) is 8.78 Å². The molecule has 5 heteroatoms. The van der Waals surface area contributed by atoms with E-state index in [2.05, 4.69) is 10.2 Å². The van der Waals surface area contributed by atoms with Gasteiger partial charge >= 0.3 is 0 Å². The molecule has 0 saturated heterocycles. The Morgan fingerprint density at radius 1 is 0.947 bits per heavy atom. The van der Waals surface area contributed by atoms with Crippen molar-refractivity contribution in [3.8, 4) is 11.3 Å². The Morgan fingerprint density at radius 2 is 1.58 bits per heavy atom. The molecule has 0 bridgehead atoms. The average molecular weight is 274 g/mol. The van der Waals surface area contributed by atoms with Gasteiger partial charge in [0.05, 0.1) is 5.69 Å². The highest BCUT2D eigenvalue weighted by atomic mass is 32.1. The van der Waals surface area contributed by atoms with Crippen molar-refractivity contribution in [2.24, 2.45) is 0 Å². The second-order valence-electron chi connectivity index (χ2n) is 4.11. The van der Waals surface area contributed by atoms with Gasteiger partial charge in [-0.3, -0.25) is 5.10 Å². The van der Waals surface area contributed by atoms with E-state index in [1.807, 2.05) is 24.3 Å². The molecule has 0 amide bonds. The van der Waals surface area contributed by atoms with Crippen molar-refractivity contribution in [1.29, 1.82) is 0 Å². The fourth-order valence-corrected chi connectivity index (χ4v) is 2.25. The number of halogens is 2. The molecule has 0 atom stereocenters. The van der Waals surface area contributed by atoms with Crippen molar-refractivity contribution in [2.75, 3.05) is 0 Å². The van der Waals surface area contributed by atoms with Crippen molar-refractivity contribution < 1.29 is 8.78 Å². The Morgan fingerprint density at radius 3 is 2.26 bits per heavy atom. The molecule has 3 aromatic rings. The summed E-state index contributed by atoms with van der Waals surface area (Å²) in [7, 11) is 0. The highest BCUT2D eigenvalue weighted by Crippen LogP contribution is 2.27. The summed E-state index contributed by atoms with van der Waals surface area (Å²) in [5, 5.41) is 8.36. The molecule has 19 heavy (non-hydrogen) atoms. The molecule has 0 aliphatic carbocycles. The lowest BCUT2D eigenvalue weighted by Crippen LogP contribution is -1.92. The summed E-state index contributed by atoms with van der Waals surface area (Å²) in [4.78, 5) is 0. The number of benzene rings is 2. The van der Waals surface area contributed by atoms with E-state index >= 15 is 0 Å². The standard InChI is InChI=1S/C14H8F2N2S/c15-9-5-8(6-10(16)7-9)13-11-3-1-2-4-12(11)14(19)18-17-13/h1-7H,(H,18,19). The second-order valence-corrected chi connectivity index (χ2v) is 4.51. The topological polar surface area (TPSA) is 28.7 Å². The van der Waals surface area contributed by atoms with Crippen LogP contribution in [0, 0.1) is 16.3 Å². The summed E-state index contributed by atoms with van der Waals surface area (Å²) in [6.45, 7) is 0. The summed E-state index contributed by atoms with van der Waals surface area (Å²) in [6, 6.07) is 10.7. The van der Waals surface area contributed by atoms with Gasteiger partial charge in [0.25, 0.3) is 0 Å². The van der Waals surface area contributed by atoms with Crippen molar-refractivity contribution in [2.45, 2.75) is 0 Å². The number of rotatable bonds is 1. The number of aromatic amines is 1. The zero-order valence-electron chi connectivity index (χ0n) is 9.65. The number of nitrogens with zero attached hydrogens (tertiary/aromatic N) is 1. The third-order valence-electron chi connectivity index (χ3n) is 2.83. The van der Waals surface area contributed by atoms with Gasteiger partial charge in [0, 0.05) is 22.4 Å². The normalized spacial score (nSPS) is 10.8. The van der Waals surface area contributed by atoms with Crippen LogP contribution in [0.2, 0.25) is 0 Å². The Bertz CT molecular complexity index is 807. The first-order valence-corrected chi connectivity index (χ1v) is 6.00. The predicted molar refractivity (Wildman–Crippen MR) is 72.3 cm³/mol. The van der Waals surface area contributed by atoms with Crippen molar-refractivity contribution in [3.63, 3.8) is 0 Å². The Labute approximate surface area is 112 Å². The summed E-state index contributed by atoms with van der Waals surface area (Å²) in [5.41, 5.74) is 0.850. The highest BCUT2D eigenvalue weighted by Gasteiger charge is 2.09. The van der Waals surface area contributed by atoms with E-state index < -0.39 is 11.6 Å². The van der Waals surface area contributed by atoms with E-state index in [9.17, 15) is 8.78 Å². The maximum atomic E-state index is 13.3. The second kappa shape index (κ2) is 4.51. The number of nitrogens with one attached hydrogen (secondary N) is 1. The van der Waals surface area contributed by atoms with Crippen LogP contribution in [0.3, 0.4) is 0 Å². The van der Waals surface area contributed by atoms with E-state index in [1.165, 1.54) is 12.1 Å². The number of fused-ring (bicyclic) bond motifs is 1. The van der Waals surface area contributed by atoms with Crippen LogP contribution in [-0.4, -0.2) is 10.2 Å². The Hall–Kier alpha value is -2.14. The zero-order chi connectivity index (χ0) is 13.4. The smallest absolute Gasteiger partial charge is 0.127 e. The minimum absolute atomic E-state index is 0.375. The van der Waals surface area contributed by atoms with Gasteiger partial charge < -0.3 is 0 Å². The lowest BCUT2D eigenvalue weighted by molar-refractivity contribution is 0.584. The lowest BCUT2D eigenvalue weighted by Gasteiger charge is -2.06. The number of H-pyrrole nitrogens is 1. The van der Waals surface area contributed by atoms with Gasteiger partial charge in [0.15, 0.2) is 0 Å². The van der Waals surface area contributed by atoms with E-state index in [4.69, 9.17) is 12.2 Å². The highest BCUT2D eigenvalue weighted by molar-refractivity contribution is 7.71. The monoisotopic (exact) mass is 274 g/mol. The first-order valence-electron chi connectivity index (χ1n) is 5.59. The van der Waals surface area contributed by atoms with Crippen LogP contribution < -0.4 is 0 Å². The summed E-state index contributed by atoms with van der Waals surface area (Å²) >= 11 is 5.15. The largest absolute Gasteiger partial charge is 0.267 e. The van der Waals surface area contributed by atoms with Gasteiger partial charge in [0.2, 0.25) is 0 Å². The van der Waals surface area contributed by atoms with Crippen molar-refractivity contribution >= 4 is 23.0 Å². The molecule has 0 fully saturated rings. The molecule has 1 aromatic heterocycles. The van der Waals surface area contributed by atoms with Crippen LogP contribution in [0.1, 0.15) is 0 Å². The van der Waals surface area contributed by atoms with Crippen LogP contribution in [0.15, 0.2) is 42.5 Å². The first kappa shape index (κ1) is 11.9. The predicted octanol–water partition coefficient (Wildman–Crippen LogP) is 4.24. The summed E-state index contributed by atoms with van der Waals surface area (Å²) in [5.74, 6) is -1.27. The third kappa shape index (κ3) is 2.13. The van der Waals surface area contributed by atoms with Gasteiger partial charge in [-0.1, -0.05) is 36.5 Å². The van der Waals surface area contributed by atoms with Gasteiger partial charge in [0.1, 0.15) is 16.3 Å². The fraction of sp³-hybridized carbons (Fsp3) is 0. The fourth-order valence-electron chi connectivity index (χ4n) is 2.03. The lowest BCUT2D eigenvalue weighted by atomic mass is 10.1. The molecule has 1 heterocycles. The quantitative estimate of drug-likeness (QED) is 0.672. The maximum Gasteiger partial charge on any atom is 0.127 e. The molecule has 3 rings (SSSR count). The molecule has 1 N–H and O–H groups in total.